The SMILES string of the molecule is O=C(NCCSCCCO)c1ccc(O)c(Cl)c1. The van der Waals surface area contributed by atoms with E-state index in [0.717, 1.165) is 17.9 Å². The van der Waals surface area contributed by atoms with Crippen molar-refractivity contribution in [2.45, 2.75) is 6.42 Å². The van der Waals surface area contributed by atoms with Crippen LogP contribution >= 0.6 is 23.4 Å². The average Bonchev–Trinajstić information content (AvgIpc) is 2.36. The van der Waals surface area contributed by atoms with Crippen LogP contribution in [-0.4, -0.2) is 40.8 Å². The molecule has 0 aliphatic carbocycles. The summed E-state index contributed by atoms with van der Waals surface area (Å²) in [6, 6.07) is 4.35. The van der Waals surface area contributed by atoms with Gasteiger partial charge in [0.2, 0.25) is 0 Å². The highest BCUT2D eigenvalue weighted by atomic mass is 35.5. The molecule has 0 radical (unpaired) electrons. The molecule has 0 unspecified atom stereocenters. The first kappa shape index (κ1) is 15.1. The number of aromatic hydroxyl groups is 1. The van der Waals surface area contributed by atoms with Crippen LogP contribution in [0.5, 0.6) is 5.75 Å². The van der Waals surface area contributed by atoms with Gasteiger partial charge in [-0.2, -0.15) is 11.8 Å². The number of aliphatic hydroxyl groups is 1. The number of rotatable bonds is 7. The summed E-state index contributed by atoms with van der Waals surface area (Å²) in [6.07, 6.45) is 0.770. The maximum absolute atomic E-state index is 11.7. The Balaban J connectivity index is 2.30. The van der Waals surface area contributed by atoms with Gasteiger partial charge in [-0.1, -0.05) is 11.6 Å². The zero-order valence-electron chi connectivity index (χ0n) is 9.86. The van der Waals surface area contributed by atoms with E-state index in [4.69, 9.17) is 16.7 Å². The highest BCUT2D eigenvalue weighted by Gasteiger charge is 2.07. The van der Waals surface area contributed by atoms with Gasteiger partial charge in [-0.15, -0.1) is 0 Å². The van der Waals surface area contributed by atoms with Gasteiger partial charge >= 0.3 is 0 Å². The number of benzene rings is 1. The topological polar surface area (TPSA) is 69.6 Å². The van der Waals surface area contributed by atoms with Crippen LogP contribution in [0.25, 0.3) is 0 Å². The zero-order chi connectivity index (χ0) is 13.4. The lowest BCUT2D eigenvalue weighted by Gasteiger charge is -2.06. The quantitative estimate of drug-likeness (QED) is 0.671. The molecule has 18 heavy (non-hydrogen) atoms. The van der Waals surface area contributed by atoms with Crippen LogP contribution in [0.4, 0.5) is 0 Å². The fourth-order valence-electron chi connectivity index (χ4n) is 1.26. The first-order valence-corrected chi connectivity index (χ1v) is 7.13. The molecule has 100 valence electrons. The molecule has 3 N–H and O–H groups in total. The van der Waals surface area contributed by atoms with E-state index in [1.165, 1.54) is 18.2 Å². The van der Waals surface area contributed by atoms with Crippen LogP contribution in [0.3, 0.4) is 0 Å². The standard InChI is InChI=1S/C12H16ClNO3S/c13-10-8-9(2-3-11(10)16)12(17)14-4-7-18-6-1-5-15/h2-3,8,15-16H,1,4-7H2,(H,14,17). The van der Waals surface area contributed by atoms with Gasteiger partial charge in [-0.25, -0.2) is 0 Å². The third-order valence-electron chi connectivity index (χ3n) is 2.19. The molecule has 0 aliphatic rings. The van der Waals surface area contributed by atoms with Crippen molar-refractivity contribution in [1.82, 2.24) is 5.32 Å². The molecule has 0 heterocycles. The second kappa shape index (κ2) is 8.24. The first-order valence-electron chi connectivity index (χ1n) is 5.60. The molecule has 0 bridgehead atoms. The molecule has 1 rings (SSSR count). The molecule has 1 aromatic rings. The van der Waals surface area contributed by atoms with Crippen molar-refractivity contribution in [3.8, 4) is 5.75 Å². The Labute approximate surface area is 115 Å². The van der Waals surface area contributed by atoms with Crippen molar-refractivity contribution in [3.05, 3.63) is 28.8 Å². The van der Waals surface area contributed by atoms with Crippen LogP contribution in [0.2, 0.25) is 5.02 Å². The lowest BCUT2D eigenvalue weighted by molar-refractivity contribution is 0.0956. The van der Waals surface area contributed by atoms with Gasteiger partial charge < -0.3 is 15.5 Å². The van der Waals surface area contributed by atoms with Gasteiger partial charge in [-0.05, 0) is 30.4 Å². The number of aliphatic hydroxyl groups excluding tert-OH is 1. The summed E-state index contributed by atoms with van der Waals surface area (Å²) in [7, 11) is 0. The Morgan fingerprint density at radius 1 is 1.39 bits per heavy atom. The van der Waals surface area contributed by atoms with Crippen LogP contribution in [0.1, 0.15) is 16.8 Å². The normalized spacial score (nSPS) is 10.3. The predicted octanol–water partition coefficient (Wildman–Crippen LogP) is 1.89. The molecular weight excluding hydrogens is 274 g/mol. The minimum atomic E-state index is -0.209. The largest absolute Gasteiger partial charge is 0.506 e. The molecule has 1 amide bonds. The molecule has 0 aromatic heterocycles. The molecule has 0 saturated heterocycles. The monoisotopic (exact) mass is 289 g/mol. The second-order valence-corrected chi connectivity index (χ2v) is 5.24. The second-order valence-electron chi connectivity index (χ2n) is 3.61. The Morgan fingerprint density at radius 3 is 2.83 bits per heavy atom. The number of phenols is 1. The van der Waals surface area contributed by atoms with Gasteiger partial charge in [0.1, 0.15) is 5.75 Å². The molecule has 6 heteroatoms. The summed E-state index contributed by atoms with van der Waals surface area (Å²) >= 11 is 7.40. The zero-order valence-corrected chi connectivity index (χ0v) is 11.4. The van der Waals surface area contributed by atoms with Crippen molar-refractivity contribution < 1.29 is 15.0 Å². The van der Waals surface area contributed by atoms with Gasteiger partial charge in [0, 0.05) is 24.5 Å². The first-order chi connectivity index (χ1) is 8.65. The van der Waals surface area contributed by atoms with Crippen LogP contribution in [-0.2, 0) is 0 Å². The smallest absolute Gasteiger partial charge is 0.251 e. The number of nitrogens with one attached hydrogen (secondary N) is 1. The third-order valence-corrected chi connectivity index (χ3v) is 3.56. The third kappa shape index (κ3) is 5.16. The van der Waals surface area contributed by atoms with Crippen LogP contribution in [0.15, 0.2) is 18.2 Å². The van der Waals surface area contributed by atoms with E-state index in [9.17, 15) is 9.90 Å². The van der Waals surface area contributed by atoms with E-state index in [2.05, 4.69) is 5.32 Å². The Morgan fingerprint density at radius 2 is 2.17 bits per heavy atom. The van der Waals surface area contributed by atoms with Gasteiger partial charge in [0.05, 0.1) is 5.02 Å². The number of hydrogen-bond acceptors (Lipinski definition) is 4. The van der Waals surface area contributed by atoms with Gasteiger partial charge in [0.25, 0.3) is 5.91 Å². The summed E-state index contributed by atoms with van der Waals surface area (Å²) in [4.78, 5) is 11.7. The van der Waals surface area contributed by atoms with Crippen molar-refractivity contribution in [2.24, 2.45) is 0 Å². The van der Waals surface area contributed by atoms with Crippen molar-refractivity contribution >= 4 is 29.3 Å². The molecule has 0 aliphatic heterocycles. The van der Waals surface area contributed by atoms with E-state index >= 15 is 0 Å². The van der Waals surface area contributed by atoms with E-state index in [1.807, 2.05) is 0 Å². The number of phenolic OH excluding ortho intramolecular Hbond substituents is 1. The average molecular weight is 290 g/mol. The highest BCUT2D eigenvalue weighted by Crippen LogP contribution is 2.23. The van der Waals surface area contributed by atoms with Gasteiger partial charge in [-0.3, -0.25) is 4.79 Å². The molecule has 0 spiro atoms. The summed E-state index contributed by atoms with van der Waals surface area (Å²) in [5.41, 5.74) is 0.429. The van der Waals surface area contributed by atoms with E-state index in [-0.39, 0.29) is 23.3 Å². The van der Waals surface area contributed by atoms with Crippen molar-refractivity contribution in [2.75, 3.05) is 24.7 Å². The summed E-state index contributed by atoms with van der Waals surface area (Å²) in [5.74, 6) is 1.45. The van der Waals surface area contributed by atoms with Crippen molar-refractivity contribution in [3.63, 3.8) is 0 Å². The fourth-order valence-corrected chi connectivity index (χ4v) is 2.22. The maximum atomic E-state index is 11.7. The lowest BCUT2D eigenvalue weighted by Crippen LogP contribution is -2.25. The maximum Gasteiger partial charge on any atom is 0.251 e. The molecule has 1 aromatic carbocycles. The fraction of sp³-hybridized carbons (Fsp3) is 0.417. The number of hydrogen-bond donors (Lipinski definition) is 3. The minimum absolute atomic E-state index is 0.0345. The van der Waals surface area contributed by atoms with Crippen molar-refractivity contribution in [1.29, 1.82) is 0 Å². The Hall–Kier alpha value is -0.910. The van der Waals surface area contributed by atoms with E-state index < -0.39 is 0 Å². The number of halogens is 1. The summed E-state index contributed by atoms with van der Waals surface area (Å²) in [5, 5.41) is 20.8. The molecular formula is C12H16ClNO3S. The molecule has 4 nitrogen and oxygen atoms in total. The number of carbonyl (C=O) groups is 1. The van der Waals surface area contributed by atoms with Crippen LogP contribution < -0.4 is 5.32 Å². The predicted molar refractivity (Wildman–Crippen MR) is 74.5 cm³/mol. The summed E-state index contributed by atoms with van der Waals surface area (Å²) < 4.78 is 0. The summed E-state index contributed by atoms with van der Waals surface area (Å²) in [6.45, 7) is 0.763. The Bertz CT molecular complexity index is 401. The molecule has 0 fully saturated rings. The van der Waals surface area contributed by atoms with E-state index in [0.29, 0.717) is 12.1 Å². The van der Waals surface area contributed by atoms with E-state index in [1.54, 1.807) is 11.8 Å². The molecule has 0 atom stereocenters. The van der Waals surface area contributed by atoms with Crippen LogP contribution in [0, 0.1) is 0 Å². The van der Waals surface area contributed by atoms with Gasteiger partial charge in [0.15, 0.2) is 0 Å². The lowest BCUT2D eigenvalue weighted by atomic mass is 10.2. The number of amides is 1. The molecule has 0 saturated carbocycles. The Kier molecular flexibility index (Phi) is 6.93. The minimum Gasteiger partial charge on any atom is -0.506 e. The number of thioether (sulfide) groups is 1. The highest BCUT2D eigenvalue weighted by molar-refractivity contribution is 7.99. The number of carbonyl (C=O) groups excluding carboxylic acids is 1.